The predicted molar refractivity (Wildman–Crippen MR) is 164 cm³/mol. The molecule has 12 heteroatoms. The first-order valence-corrected chi connectivity index (χ1v) is 16.7. The second kappa shape index (κ2) is 10.9. The van der Waals surface area contributed by atoms with E-state index < -0.39 is 32.6 Å². The van der Waals surface area contributed by atoms with Gasteiger partial charge in [0.05, 0.1) is 23.3 Å². The number of sulfone groups is 1. The lowest BCUT2D eigenvalue weighted by atomic mass is 9.85. The van der Waals surface area contributed by atoms with Gasteiger partial charge >= 0.3 is 0 Å². The molecule has 1 fully saturated rings. The highest BCUT2D eigenvalue weighted by Gasteiger charge is 2.53. The van der Waals surface area contributed by atoms with Crippen LogP contribution in [0.5, 0.6) is 0 Å². The molecule has 0 spiro atoms. The predicted octanol–water partition coefficient (Wildman–Crippen LogP) is 5.28. The van der Waals surface area contributed by atoms with Gasteiger partial charge in [-0.05, 0) is 66.8 Å². The smallest absolute Gasteiger partial charge is 0.177 e. The molecule has 4 aromatic rings. The van der Waals surface area contributed by atoms with Gasteiger partial charge in [0.1, 0.15) is 11.4 Å². The highest BCUT2D eigenvalue weighted by atomic mass is 35.5. The van der Waals surface area contributed by atoms with E-state index in [0.29, 0.717) is 45.7 Å². The van der Waals surface area contributed by atoms with E-state index in [1.165, 1.54) is 18.3 Å². The Labute approximate surface area is 265 Å². The van der Waals surface area contributed by atoms with Crippen LogP contribution in [0.25, 0.3) is 0 Å². The fourth-order valence-electron chi connectivity index (χ4n) is 5.92. The van der Waals surface area contributed by atoms with E-state index in [2.05, 4.69) is 5.10 Å². The lowest BCUT2D eigenvalue weighted by Crippen LogP contribution is -2.46. The van der Waals surface area contributed by atoms with E-state index >= 15 is 4.39 Å². The van der Waals surface area contributed by atoms with Crippen molar-refractivity contribution in [2.75, 3.05) is 12.9 Å². The molecule has 0 saturated heterocycles. The number of aryl methyl sites for hydroxylation is 1. The summed E-state index contributed by atoms with van der Waals surface area (Å²) < 4.78 is 50.5. The molecule has 2 atom stereocenters. The van der Waals surface area contributed by atoms with Crippen LogP contribution in [0, 0.1) is 5.82 Å². The van der Waals surface area contributed by atoms with E-state index in [-0.39, 0.29) is 35.2 Å². The van der Waals surface area contributed by atoms with Crippen LogP contribution >= 0.6 is 23.2 Å². The van der Waals surface area contributed by atoms with Gasteiger partial charge in [0, 0.05) is 59.3 Å². The molecule has 44 heavy (non-hydrogen) atoms. The summed E-state index contributed by atoms with van der Waals surface area (Å²) in [6.45, 7) is 1.66. The molecule has 1 saturated carbocycles. The zero-order chi connectivity index (χ0) is 31.7. The van der Waals surface area contributed by atoms with E-state index in [4.69, 9.17) is 27.9 Å². The molecule has 2 aliphatic rings. The Balaban J connectivity index is 1.56. The Morgan fingerprint density at radius 2 is 1.75 bits per heavy atom. The molecule has 0 bridgehead atoms. The number of aliphatic hydroxyl groups is 2. The summed E-state index contributed by atoms with van der Waals surface area (Å²) in [6.07, 6.45) is 5.39. The second-order valence-electron chi connectivity index (χ2n) is 12.0. The van der Waals surface area contributed by atoms with Crippen LogP contribution in [-0.4, -0.2) is 51.8 Å². The normalized spacial score (nSPS) is 20.8. The first-order chi connectivity index (χ1) is 20.6. The van der Waals surface area contributed by atoms with Crippen molar-refractivity contribution in [3.63, 3.8) is 0 Å². The molecule has 1 aliphatic heterocycles. The van der Waals surface area contributed by atoms with Crippen molar-refractivity contribution in [2.45, 2.75) is 54.7 Å². The van der Waals surface area contributed by atoms with Crippen LogP contribution in [0.3, 0.4) is 0 Å². The Hall–Kier alpha value is -2.83. The average Bonchev–Trinajstić information content (AvgIpc) is 3.37. The van der Waals surface area contributed by atoms with Crippen LogP contribution in [0.4, 0.5) is 4.39 Å². The molecule has 2 N–H and O–H groups in total. The molecule has 3 aromatic carbocycles. The summed E-state index contributed by atoms with van der Waals surface area (Å²) in [5, 5.41) is 27.3. The molecule has 0 radical (unpaired) electrons. The van der Waals surface area contributed by atoms with Crippen molar-refractivity contribution in [3.05, 3.63) is 116 Å². The van der Waals surface area contributed by atoms with Crippen LogP contribution in [-0.2, 0) is 46.0 Å². The summed E-state index contributed by atoms with van der Waals surface area (Å²) in [7, 11) is -1.96. The summed E-state index contributed by atoms with van der Waals surface area (Å²) in [4.78, 5) is 1.89. The number of fused-ring (bicyclic) bond motifs is 1. The average molecular weight is 661 g/mol. The molecule has 6 rings (SSSR count). The topological polar surface area (TPSA) is 105 Å². The third-order valence-electron chi connectivity index (χ3n) is 8.55. The molecule has 2 heterocycles. The van der Waals surface area contributed by atoms with Gasteiger partial charge in [0.25, 0.3) is 0 Å². The van der Waals surface area contributed by atoms with E-state index in [1.54, 1.807) is 67.3 Å². The lowest BCUT2D eigenvalue weighted by molar-refractivity contribution is -0.155. The number of hydrogen-bond acceptors (Lipinski definition) is 7. The number of rotatable bonds is 9. The molecule has 1 unspecified atom stereocenters. The minimum atomic E-state index is -3.69. The Morgan fingerprint density at radius 3 is 2.36 bits per heavy atom. The van der Waals surface area contributed by atoms with Crippen molar-refractivity contribution in [1.29, 1.82) is 0 Å². The van der Waals surface area contributed by atoms with Gasteiger partial charge in [-0.25, -0.2) is 12.8 Å². The highest BCUT2D eigenvalue weighted by molar-refractivity contribution is 7.90. The maximum absolute atomic E-state index is 16.7. The first kappa shape index (κ1) is 31.2. The fourth-order valence-corrected chi connectivity index (χ4v) is 7.23. The largest absolute Gasteiger partial charge is 0.387 e. The number of hydrogen-bond donors (Lipinski definition) is 2. The minimum Gasteiger partial charge on any atom is -0.387 e. The minimum absolute atomic E-state index is 0.0308. The SMILES string of the molecule is Cn1cc(C(C)(O)c2cc(F)c3c(c2)CN(Cc2ccc(Cl)cc2S(C)(=O)=O)[C@@]3(OCC2(O)CC2)c2ccc(Cl)cc2)cn1. The van der Waals surface area contributed by atoms with Crippen LogP contribution < -0.4 is 0 Å². The Bertz CT molecular complexity index is 1860. The summed E-state index contributed by atoms with van der Waals surface area (Å²) in [6, 6.07) is 14.5. The molecule has 8 nitrogen and oxygen atoms in total. The standard InChI is InChI=1S/C32H32Cl2FN3O5S/c1-30(39,24-15-36-37(2)18-24)23-12-21-17-38(16-20-4-7-26(34)14-28(20)44(3,41)42)32(29(21)27(35)13-23,43-19-31(40)10-11-31)22-5-8-25(33)9-6-22/h4-9,12-15,18,39-40H,10-11,16-17,19H2,1-3H3/t30?,32-/m1/s1. The van der Waals surface area contributed by atoms with Gasteiger partial charge in [-0.15, -0.1) is 0 Å². The number of aromatic nitrogens is 2. The van der Waals surface area contributed by atoms with E-state index in [1.807, 2.05) is 4.90 Å². The zero-order valence-corrected chi connectivity index (χ0v) is 26.7. The summed E-state index contributed by atoms with van der Waals surface area (Å²) >= 11 is 12.5. The maximum Gasteiger partial charge on any atom is 0.177 e. The summed E-state index contributed by atoms with van der Waals surface area (Å²) in [5.41, 5.74) is -1.64. The zero-order valence-electron chi connectivity index (χ0n) is 24.4. The molecular weight excluding hydrogens is 628 g/mol. The van der Waals surface area contributed by atoms with Crippen molar-refractivity contribution >= 4 is 33.0 Å². The number of benzene rings is 3. The first-order valence-electron chi connectivity index (χ1n) is 14.0. The number of halogens is 3. The Morgan fingerprint density at radius 1 is 1.07 bits per heavy atom. The van der Waals surface area contributed by atoms with Gasteiger partial charge in [-0.2, -0.15) is 5.10 Å². The van der Waals surface area contributed by atoms with Gasteiger partial charge in [0.15, 0.2) is 15.6 Å². The van der Waals surface area contributed by atoms with Crippen molar-refractivity contribution in [1.82, 2.24) is 14.7 Å². The van der Waals surface area contributed by atoms with E-state index in [9.17, 15) is 18.6 Å². The third-order valence-corrected chi connectivity index (χ3v) is 10.2. The van der Waals surface area contributed by atoms with Crippen molar-refractivity contribution in [2.24, 2.45) is 7.05 Å². The van der Waals surface area contributed by atoms with Gasteiger partial charge < -0.3 is 14.9 Å². The monoisotopic (exact) mass is 659 g/mol. The molecule has 232 valence electrons. The number of ether oxygens (including phenoxy) is 1. The molecule has 1 aromatic heterocycles. The van der Waals surface area contributed by atoms with Crippen LogP contribution in [0.1, 0.15) is 53.1 Å². The fraction of sp³-hybridized carbons (Fsp3) is 0.344. The van der Waals surface area contributed by atoms with Crippen LogP contribution in [0.15, 0.2) is 71.9 Å². The van der Waals surface area contributed by atoms with Gasteiger partial charge in [-0.3, -0.25) is 9.58 Å². The highest BCUT2D eigenvalue weighted by Crippen LogP contribution is 2.50. The number of nitrogens with zero attached hydrogens (tertiary/aromatic N) is 3. The second-order valence-corrected chi connectivity index (χ2v) is 14.9. The third kappa shape index (κ3) is 5.58. The Kier molecular flexibility index (Phi) is 7.73. The van der Waals surface area contributed by atoms with Gasteiger partial charge in [-0.1, -0.05) is 47.5 Å². The van der Waals surface area contributed by atoms with Crippen molar-refractivity contribution < 1.29 is 27.8 Å². The maximum atomic E-state index is 16.7. The quantitative estimate of drug-likeness (QED) is 0.252. The van der Waals surface area contributed by atoms with Gasteiger partial charge in [0.2, 0.25) is 0 Å². The molecule has 1 aliphatic carbocycles. The van der Waals surface area contributed by atoms with E-state index in [0.717, 1.165) is 6.26 Å². The lowest BCUT2D eigenvalue weighted by Gasteiger charge is -2.40. The summed E-state index contributed by atoms with van der Waals surface area (Å²) in [5.74, 6) is -0.624. The van der Waals surface area contributed by atoms with Crippen molar-refractivity contribution in [3.8, 4) is 0 Å². The molecule has 0 amide bonds. The molecular formula is C32H32Cl2FN3O5S. The van der Waals surface area contributed by atoms with Crippen LogP contribution in [0.2, 0.25) is 10.0 Å².